The molecule has 0 atom stereocenters. The molecule has 0 spiro atoms. The molecule has 0 heterocycles. The summed E-state index contributed by atoms with van der Waals surface area (Å²) in [5.41, 5.74) is 10.6. The second kappa shape index (κ2) is 12.2. The minimum atomic E-state index is -4.08. The van der Waals surface area contributed by atoms with Crippen molar-refractivity contribution in [3.05, 3.63) is 110 Å². The Balaban J connectivity index is 0.00000231. The van der Waals surface area contributed by atoms with E-state index in [0.29, 0.717) is 0 Å². The molecule has 0 saturated heterocycles. The number of rotatable bonds is 7. The third kappa shape index (κ3) is 6.25. The molecule has 0 N–H and O–H groups in total. The van der Waals surface area contributed by atoms with Gasteiger partial charge in [0.1, 0.15) is 0 Å². The van der Waals surface area contributed by atoms with Crippen molar-refractivity contribution in [3.63, 3.8) is 0 Å². The van der Waals surface area contributed by atoms with Gasteiger partial charge in [0.15, 0.2) is 0 Å². The summed E-state index contributed by atoms with van der Waals surface area (Å²) in [6, 6.07) is 23.8. The van der Waals surface area contributed by atoms with Gasteiger partial charge >= 0.3 is 240 Å². The molecule has 2 aliphatic rings. The molecule has 0 fully saturated rings. The Kier molecular flexibility index (Phi) is 10.1. The first-order valence-corrected chi connectivity index (χ1v) is 22.8. The molecular formula is C38H50Cl2Zr. The maximum atomic E-state index is 5.61. The fourth-order valence-electron chi connectivity index (χ4n) is 7.15. The molecule has 0 aliphatic heterocycles. The van der Waals surface area contributed by atoms with Crippen LogP contribution in [0.2, 0.25) is 4.13 Å². The summed E-state index contributed by atoms with van der Waals surface area (Å²) in [6.07, 6.45) is 11.7. The molecule has 0 bridgehead atoms. The monoisotopic (exact) mass is 666 g/mol. The number of hydrogen-bond acceptors (Lipinski definition) is 0. The predicted octanol–water partition coefficient (Wildman–Crippen LogP) is 10.7. The van der Waals surface area contributed by atoms with Crippen LogP contribution >= 0.6 is 24.8 Å². The van der Waals surface area contributed by atoms with Gasteiger partial charge in [0.05, 0.1) is 0 Å². The quantitative estimate of drug-likeness (QED) is 0.184. The molecule has 0 saturated carbocycles. The van der Waals surface area contributed by atoms with Gasteiger partial charge in [-0.15, -0.1) is 24.8 Å². The Morgan fingerprint density at radius 2 is 1.46 bits per heavy atom. The van der Waals surface area contributed by atoms with E-state index in [-0.39, 0.29) is 35.6 Å². The van der Waals surface area contributed by atoms with E-state index in [4.69, 9.17) is 4.21 Å². The third-order valence-corrected chi connectivity index (χ3v) is 26.2. The Bertz CT molecular complexity index is 1530. The van der Waals surface area contributed by atoms with Gasteiger partial charge in [0, 0.05) is 0 Å². The van der Waals surface area contributed by atoms with Crippen molar-refractivity contribution in [3.8, 4) is 11.1 Å². The number of benzene rings is 3. The first-order valence-electron chi connectivity index (χ1n) is 15.1. The number of fused-ring (bicyclic) bond motifs is 3. The SMILES string of the molecule is Cl.Cl.[CH2]=[Zr]([CH2]CCC)([CH2]c1ccccc1)([C]1=CC=CC1)[c]1cc(C(C)(C)C)cc2c1Cc1ccc(C(C)(C)C)cc1-2. The van der Waals surface area contributed by atoms with Crippen LogP contribution in [0.1, 0.15) is 95.5 Å². The fourth-order valence-corrected chi connectivity index (χ4v) is 23.6. The van der Waals surface area contributed by atoms with E-state index < -0.39 is 18.3 Å². The number of unbranched alkanes of at least 4 members (excludes halogenated alkanes) is 1. The van der Waals surface area contributed by atoms with Crippen molar-refractivity contribution < 1.29 is 18.3 Å². The summed E-state index contributed by atoms with van der Waals surface area (Å²) < 4.78 is 11.3. The standard InChI is InChI=1S/C21H25.C7H7.C5H5.C4H9.CH2.2ClH.Zr/c1-20(2,3)16-9-7-14-11-15-8-10-17(21(4,5)6)13-19(15)18(14)12-16;1-7-5-3-2-4-6-7;1-2-4-5-3-1;1-3-4-2;;;;/h7,9-10,12-13H,11H2,1-6H3;2-6H,1H2;1-3H,4H2;1,3-4H2,2H3;1H2;2*1H;. The van der Waals surface area contributed by atoms with Gasteiger partial charge < -0.3 is 0 Å². The van der Waals surface area contributed by atoms with Crippen LogP contribution in [0.4, 0.5) is 0 Å². The summed E-state index contributed by atoms with van der Waals surface area (Å²) in [5.74, 6) is 0. The summed E-state index contributed by atoms with van der Waals surface area (Å²) in [6.45, 7) is 16.5. The average molecular weight is 669 g/mol. The van der Waals surface area contributed by atoms with Crippen LogP contribution in [0.25, 0.3) is 11.1 Å². The first kappa shape index (κ1) is 34.0. The van der Waals surface area contributed by atoms with Gasteiger partial charge in [-0.2, -0.15) is 0 Å². The molecule has 0 nitrogen and oxygen atoms in total. The van der Waals surface area contributed by atoms with Gasteiger partial charge in [-0.1, -0.05) is 0 Å². The van der Waals surface area contributed by atoms with Crippen molar-refractivity contribution in [1.82, 2.24) is 0 Å². The van der Waals surface area contributed by atoms with Crippen LogP contribution in [0.5, 0.6) is 0 Å². The summed E-state index contributed by atoms with van der Waals surface area (Å²) in [7, 11) is 0. The predicted molar refractivity (Wildman–Crippen MR) is 185 cm³/mol. The summed E-state index contributed by atoms with van der Waals surface area (Å²) in [5, 5.41) is 0. The molecular weight excluding hydrogens is 619 g/mol. The Morgan fingerprint density at radius 3 is 2.05 bits per heavy atom. The van der Waals surface area contributed by atoms with Crippen molar-refractivity contribution in [1.29, 1.82) is 0 Å². The molecule has 5 rings (SSSR count). The van der Waals surface area contributed by atoms with Crippen LogP contribution in [0, 0.1) is 0 Å². The van der Waals surface area contributed by atoms with Crippen LogP contribution in [-0.2, 0) is 39.7 Å². The number of halogens is 2. The van der Waals surface area contributed by atoms with Gasteiger partial charge in [-0.25, -0.2) is 0 Å². The molecule has 220 valence electrons. The Hall–Kier alpha value is -1.53. The maximum absolute atomic E-state index is 5.61. The van der Waals surface area contributed by atoms with Gasteiger partial charge in [-0.05, 0) is 0 Å². The van der Waals surface area contributed by atoms with E-state index in [2.05, 4.69) is 127 Å². The van der Waals surface area contributed by atoms with Gasteiger partial charge in [-0.3, -0.25) is 0 Å². The Morgan fingerprint density at radius 1 is 0.805 bits per heavy atom. The van der Waals surface area contributed by atoms with Gasteiger partial charge in [0.2, 0.25) is 0 Å². The van der Waals surface area contributed by atoms with E-state index in [1.165, 1.54) is 50.4 Å². The average Bonchev–Trinajstić information content (AvgIpc) is 3.55. The van der Waals surface area contributed by atoms with Crippen molar-refractivity contribution in [2.75, 3.05) is 0 Å². The van der Waals surface area contributed by atoms with E-state index >= 15 is 0 Å². The number of hydrogen-bond donors (Lipinski definition) is 0. The second-order valence-electron chi connectivity index (χ2n) is 14.6. The van der Waals surface area contributed by atoms with Crippen LogP contribution in [-0.4, -0.2) is 4.21 Å². The molecule has 3 heteroatoms. The van der Waals surface area contributed by atoms with Crippen LogP contribution in [0.3, 0.4) is 0 Å². The van der Waals surface area contributed by atoms with E-state index in [0.717, 1.165) is 17.0 Å². The second-order valence-corrected chi connectivity index (χ2v) is 29.1. The normalized spacial score (nSPS) is 14.6. The number of allylic oxidation sites excluding steroid dienone is 4. The molecule has 0 unspecified atom stereocenters. The summed E-state index contributed by atoms with van der Waals surface area (Å²) in [4.78, 5) is 0. The Labute approximate surface area is 263 Å². The molecule has 2 aliphatic carbocycles. The molecule has 3 aromatic carbocycles. The molecule has 3 aromatic rings. The molecule has 0 amide bonds. The van der Waals surface area contributed by atoms with Crippen LogP contribution in [0.15, 0.2) is 82.2 Å². The van der Waals surface area contributed by atoms with Crippen LogP contribution < -0.4 is 3.27 Å². The molecule has 41 heavy (non-hydrogen) atoms. The van der Waals surface area contributed by atoms with E-state index in [9.17, 15) is 0 Å². The van der Waals surface area contributed by atoms with E-state index in [1.54, 1.807) is 12.1 Å². The zero-order valence-electron chi connectivity index (χ0n) is 26.3. The fraction of sp³-hybridized carbons (Fsp3) is 0.395. The van der Waals surface area contributed by atoms with E-state index in [1.807, 2.05) is 0 Å². The zero-order chi connectivity index (χ0) is 28.1. The van der Waals surface area contributed by atoms with Crippen molar-refractivity contribution >= 4 is 32.3 Å². The van der Waals surface area contributed by atoms with Crippen molar-refractivity contribution in [2.45, 2.75) is 93.2 Å². The topological polar surface area (TPSA) is 0 Å². The molecule has 0 aromatic heterocycles. The van der Waals surface area contributed by atoms with Crippen molar-refractivity contribution in [2.24, 2.45) is 0 Å². The zero-order valence-corrected chi connectivity index (χ0v) is 30.4. The molecule has 0 radical (unpaired) electrons. The first-order chi connectivity index (χ1) is 18.3. The van der Waals surface area contributed by atoms with Gasteiger partial charge in [0.25, 0.3) is 0 Å². The minimum absolute atomic E-state index is 0. The third-order valence-electron chi connectivity index (χ3n) is 9.68. The summed E-state index contributed by atoms with van der Waals surface area (Å²) >= 11 is -4.08.